The van der Waals surface area contributed by atoms with Gasteiger partial charge in [-0.1, -0.05) is 12.1 Å². The zero-order valence-corrected chi connectivity index (χ0v) is 17.8. The molecule has 1 aromatic carbocycles. The van der Waals surface area contributed by atoms with Crippen LogP contribution in [0.5, 0.6) is 0 Å². The van der Waals surface area contributed by atoms with Crippen LogP contribution in [-0.2, 0) is 4.79 Å². The molecule has 2 aliphatic rings. The summed E-state index contributed by atoms with van der Waals surface area (Å²) >= 11 is 0. The highest BCUT2D eigenvalue weighted by Gasteiger charge is 2.32. The molecule has 1 aliphatic heterocycles. The molecule has 1 saturated heterocycles. The third-order valence-corrected chi connectivity index (χ3v) is 6.35. The number of pyridine rings is 1. The highest BCUT2D eigenvalue weighted by atomic mass is 19.1. The second kappa shape index (κ2) is 9.56. The van der Waals surface area contributed by atoms with E-state index in [4.69, 9.17) is 0 Å². The summed E-state index contributed by atoms with van der Waals surface area (Å²) in [6.45, 7) is 2.03. The maximum absolute atomic E-state index is 13.4. The van der Waals surface area contributed by atoms with Gasteiger partial charge in [0.1, 0.15) is 5.82 Å². The highest BCUT2D eigenvalue weighted by Crippen LogP contribution is 2.27. The van der Waals surface area contributed by atoms with E-state index in [1.165, 1.54) is 18.3 Å². The van der Waals surface area contributed by atoms with Gasteiger partial charge in [-0.2, -0.15) is 0 Å². The van der Waals surface area contributed by atoms with Gasteiger partial charge in [-0.25, -0.2) is 4.39 Å². The van der Waals surface area contributed by atoms with Crippen molar-refractivity contribution < 1.29 is 14.0 Å². The van der Waals surface area contributed by atoms with Crippen molar-refractivity contribution in [3.8, 4) is 11.3 Å². The molecule has 2 fully saturated rings. The van der Waals surface area contributed by atoms with Gasteiger partial charge in [0.2, 0.25) is 5.91 Å². The Balaban J connectivity index is 1.28. The first kappa shape index (κ1) is 21.4. The van der Waals surface area contributed by atoms with Gasteiger partial charge < -0.3 is 15.5 Å². The third kappa shape index (κ3) is 5.47. The number of amides is 2. The number of carbonyl (C=O) groups is 2. The number of rotatable bonds is 5. The van der Waals surface area contributed by atoms with Crippen LogP contribution in [0.15, 0.2) is 42.6 Å². The summed E-state index contributed by atoms with van der Waals surface area (Å²) in [6, 6.07) is 9.87. The van der Waals surface area contributed by atoms with Gasteiger partial charge in [0.15, 0.2) is 0 Å². The van der Waals surface area contributed by atoms with Crippen LogP contribution in [0.25, 0.3) is 11.3 Å². The maximum atomic E-state index is 13.4. The lowest BCUT2D eigenvalue weighted by atomic mass is 10.0. The predicted octanol–water partition coefficient (Wildman–Crippen LogP) is 3.00. The summed E-state index contributed by atoms with van der Waals surface area (Å²) in [5, 5.41) is 6.23. The Hall–Kier alpha value is -2.80. The second-order valence-electron chi connectivity index (χ2n) is 8.71. The number of piperidine rings is 1. The molecule has 2 heterocycles. The number of likely N-dealkylation sites (tertiary alicyclic amines) is 1. The molecule has 1 aliphatic carbocycles. The summed E-state index contributed by atoms with van der Waals surface area (Å²) in [7, 11) is 2.10. The molecule has 2 N–H and O–H groups in total. The largest absolute Gasteiger partial charge is 0.353 e. The Bertz CT molecular complexity index is 925. The lowest BCUT2D eigenvalue weighted by Crippen LogP contribution is -2.45. The zero-order valence-electron chi connectivity index (χ0n) is 17.8. The van der Waals surface area contributed by atoms with Crippen molar-refractivity contribution in [2.24, 2.45) is 5.92 Å². The summed E-state index contributed by atoms with van der Waals surface area (Å²) in [6.07, 6.45) is 5.75. The van der Waals surface area contributed by atoms with Crippen molar-refractivity contribution in [3.05, 3.63) is 54.0 Å². The molecule has 2 atom stereocenters. The van der Waals surface area contributed by atoms with E-state index >= 15 is 0 Å². The minimum Gasteiger partial charge on any atom is -0.353 e. The highest BCUT2D eigenvalue weighted by molar-refractivity contribution is 5.94. The minimum absolute atomic E-state index is 0.0105. The maximum Gasteiger partial charge on any atom is 0.253 e. The fourth-order valence-electron chi connectivity index (χ4n) is 4.44. The van der Waals surface area contributed by atoms with E-state index in [-0.39, 0.29) is 35.6 Å². The number of nitrogens with one attached hydrogen (secondary N) is 2. The Kier molecular flexibility index (Phi) is 6.61. The lowest BCUT2D eigenvalue weighted by Gasteiger charge is -2.30. The summed E-state index contributed by atoms with van der Waals surface area (Å²) in [4.78, 5) is 31.8. The molecule has 0 radical (unpaired) electrons. The SMILES string of the molecule is CN1CCC(NC(=O)[C@@H]2CC[C@H](NC(=O)c3ccc(-c4cccc(F)c4)nc3)C2)CC1. The van der Waals surface area contributed by atoms with Gasteiger partial charge in [-0.3, -0.25) is 14.6 Å². The molecule has 0 spiro atoms. The van der Waals surface area contributed by atoms with Crippen molar-refractivity contribution >= 4 is 11.8 Å². The summed E-state index contributed by atoms with van der Waals surface area (Å²) in [5.41, 5.74) is 1.74. The summed E-state index contributed by atoms with van der Waals surface area (Å²) in [5.74, 6) is -0.442. The van der Waals surface area contributed by atoms with Gasteiger partial charge in [-0.05, 0) is 76.5 Å². The first-order valence-electron chi connectivity index (χ1n) is 11.0. The molecule has 1 aromatic heterocycles. The van der Waals surface area contributed by atoms with Crippen LogP contribution >= 0.6 is 0 Å². The van der Waals surface area contributed by atoms with Crippen LogP contribution in [0.4, 0.5) is 4.39 Å². The molecule has 2 aromatic rings. The van der Waals surface area contributed by atoms with Crippen molar-refractivity contribution in [2.75, 3.05) is 20.1 Å². The van der Waals surface area contributed by atoms with Crippen LogP contribution in [0.3, 0.4) is 0 Å². The Morgan fingerprint density at radius 1 is 1.03 bits per heavy atom. The molecule has 164 valence electrons. The van der Waals surface area contributed by atoms with E-state index in [0.29, 0.717) is 23.2 Å². The van der Waals surface area contributed by atoms with Crippen LogP contribution in [-0.4, -0.2) is 53.9 Å². The molecule has 31 heavy (non-hydrogen) atoms. The second-order valence-corrected chi connectivity index (χ2v) is 8.71. The fourth-order valence-corrected chi connectivity index (χ4v) is 4.44. The molecular weight excluding hydrogens is 395 g/mol. The van der Waals surface area contributed by atoms with Crippen LogP contribution in [0.1, 0.15) is 42.5 Å². The zero-order chi connectivity index (χ0) is 21.8. The van der Waals surface area contributed by atoms with E-state index in [2.05, 4.69) is 27.6 Å². The molecule has 2 amide bonds. The van der Waals surface area contributed by atoms with Gasteiger partial charge in [-0.15, -0.1) is 0 Å². The normalized spacial score (nSPS) is 22.3. The number of aromatic nitrogens is 1. The average Bonchev–Trinajstić information content (AvgIpc) is 3.24. The number of hydrogen-bond acceptors (Lipinski definition) is 4. The number of hydrogen-bond donors (Lipinski definition) is 2. The number of halogens is 1. The van der Waals surface area contributed by atoms with Crippen molar-refractivity contribution in [1.82, 2.24) is 20.5 Å². The number of nitrogens with zero attached hydrogens (tertiary/aromatic N) is 2. The number of benzene rings is 1. The molecule has 4 rings (SSSR count). The van der Waals surface area contributed by atoms with Crippen LogP contribution in [0.2, 0.25) is 0 Å². The fraction of sp³-hybridized carbons (Fsp3) is 0.458. The summed E-state index contributed by atoms with van der Waals surface area (Å²) < 4.78 is 13.4. The van der Waals surface area contributed by atoms with Crippen LogP contribution < -0.4 is 10.6 Å². The lowest BCUT2D eigenvalue weighted by molar-refractivity contribution is -0.125. The number of carbonyl (C=O) groups excluding carboxylic acids is 2. The molecule has 1 saturated carbocycles. The van der Waals surface area contributed by atoms with Gasteiger partial charge >= 0.3 is 0 Å². The standard InChI is InChI=1S/C24H29FN4O2/c1-29-11-9-20(10-12-29)27-23(30)17-5-7-21(14-17)28-24(31)18-6-8-22(26-15-18)16-3-2-4-19(25)13-16/h2-4,6,8,13,15,17,20-21H,5,7,9-12,14H2,1H3,(H,27,30)(H,28,31)/t17-,21+/m1/s1. The van der Waals surface area contributed by atoms with E-state index in [1.807, 2.05) is 0 Å². The van der Waals surface area contributed by atoms with Crippen molar-refractivity contribution in [3.63, 3.8) is 0 Å². The topological polar surface area (TPSA) is 74.3 Å². The molecule has 0 unspecified atom stereocenters. The quantitative estimate of drug-likeness (QED) is 0.774. The monoisotopic (exact) mass is 424 g/mol. The Labute approximate surface area is 182 Å². The van der Waals surface area contributed by atoms with Crippen molar-refractivity contribution in [1.29, 1.82) is 0 Å². The van der Waals surface area contributed by atoms with E-state index < -0.39 is 0 Å². The van der Waals surface area contributed by atoms with Gasteiger partial charge in [0.05, 0.1) is 11.3 Å². The third-order valence-electron chi connectivity index (χ3n) is 6.35. The average molecular weight is 425 g/mol. The molecule has 7 heteroatoms. The van der Waals surface area contributed by atoms with Crippen LogP contribution in [0, 0.1) is 11.7 Å². The molecular formula is C24H29FN4O2. The van der Waals surface area contributed by atoms with Gasteiger partial charge in [0.25, 0.3) is 5.91 Å². The predicted molar refractivity (Wildman–Crippen MR) is 117 cm³/mol. The van der Waals surface area contributed by atoms with E-state index in [9.17, 15) is 14.0 Å². The van der Waals surface area contributed by atoms with E-state index in [1.54, 1.807) is 24.3 Å². The Morgan fingerprint density at radius 3 is 2.55 bits per heavy atom. The smallest absolute Gasteiger partial charge is 0.253 e. The minimum atomic E-state index is -0.322. The first-order valence-corrected chi connectivity index (χ1v) is 11.0. The van der Waals surface area contributed by atoms with Crippen molar-refractivity contribution in [2.45, 2.75) is 44.2 Å². The van der Waals surface area contributed by atoms with E-state index in [0.717, 1.165) is 38.8 Å². The Morgan fingerprint density at radius 2 is 1.84 bits per heavy atom. The van der Waals surface area contributed by atoms with Gasteiger partial charge in [0, 0.05) is 29.8 Å². The first-order chi connectivity index (χ1) is 15.0. The molecule has 0 bridgehead atoms. The molecule has 6 nitrogen and oxygen atoms in total.